The zero-order chi connectivity index (χ0) is 12.6. The molecule has 0 aromatic heterocycles. The van der Waals surface area contributed by atoms with Gasteiger partial charge in [0.15, 0.2) is 0 Å². The molecule has 0 spiro atoms. The molecule has 4 nitrogen and oxygen atoms in total. The molecule has 0 aromatic rings. The van der Waals surface area contributed by atoms with Crippen LogP contribution in [0.25, 0.3) is 0 Å². The summed E-state index contributed by atoms with van der Waals surface area (Å²) in [5, 5.41) is 14.1. The predicted molar refractivity (Wildman–Crippen MR) is 70.8 cm³/mol. The van der Waals surface area contributed by atoms with E-state index in [1.165, 1.54) is 12.8 Å². The van der Waals surface area contributed by atoms with Crippen molar-refractivity contribution in [1.29, 1.82) is 0 Å². The van der Waals surface area contributed by atoms with Gasteiger partial charge in [0.05, 0.1) is 0 Å². The largest absolute Gasteiger partial charge is 0.487 e. The molecule has 0 fully saturated rings. The van der Waals surface area contributed by atoms with Crippen LogP contribution in [0.4, 0.5) is 0 Å². The summed E-state index contributed by atoms with van der Waals surface area (Å²) in [6.45, 7) is 8.36. The molecule has 0 bridgehead atoms. The van der Waals surface area contributed by atoms with Crippen LogP contribution in [-0.4, -0.2) is 20.6 Å². The van der Waals surface area contributed by atoms with Crippen molar-refractivity contribution in [2.75, 3.05) is 0 Å². The van der Waals surface area contributed by atoms with Crippen LogP contribution in [0, 0.1) is 0 Å². The maximum atomic E-state index is 7.56. The molecule has 0 atom stereocenters. The van der Waals surface area contributed by atoms with Gasteiger partial charge in [0.2, 0.25) is 0 Å². The van der Waals surface area contributed by atoms with Gasteiger partial charge >= 0.3 is 0 Å². The quantitative estimate of drug-likeness (QED) is 0.528. The number of aliphatic hydroxyl groups is 2. The predicted octanol–water partition coefficient (Wildman–Crippen LogP) is 2.41. The maximum Gasteiger partial charge on any atom is 0.251 e. The highest BCUT2D eigenvalue weighted by molar-refractivity contribution is 7.80. The summed E-state index contributed by atoms with van der Waals surface area (Å²) in [6, 6.07) is 0. The minimum absolute atomic E-state index is 0.500. The van der Waals surface area contributed by atoms with Crippen molar-refractivity contribution in [2.45, 2.75) is 40.5 Å². The van der Waals surface area contributed by atoms with E-state index < -0.39 is 10.3 Å². The Kier molecular flexibility index (Phi) is 49.0. The van der Waals surface area contributed by atoms with Gasteiger partial charge in [-0.2, -0.15) is 0 Å². The maximum absolute atomic E-state index is 7.56. The molecule has 0 aliphatic heterocycles. The van der Waals surface area contributed by atoms with Crippen molar-refractivity contribution < 1.29 is 10.2 Å². The van der Waals surface area contributed by atoms with E-state index in [-0.39, 0.29) is 0 Å². The number of nitrogens with two attached hydrogens (primary N) is 2. The Labute approximate surface area is 97.3 Å². The second kappa shape index (κ2) is 29.4. The van der Waals surface area contributed by atoms with Crippen LogP contribution in [-0.2, 0) is 0 Å². The topological polar surface area (TPSA) is 92.5 Å². The molecule has 0 unspecified atom stereocenters. The minimum atomic E-state index is -0.500. The Morgan fingerprint density at radius 1 is 0.929 bits per heavy atom. The highest BCUT2D eigenvalue weighted by Crippen LogP contribution is 1.76. The molecule has 14 heavy (non-hydrogen) atoms. The van der Waals surface area contributed by atoms with E-state index in [9.17, 15) is 0 Å². The highest BCUT2D eigenvalue weighted by Gasteiger charge is 1.58. The van der Waals surface area contributed by atoms with Crippen molar-refractivity contribution in [3.8, 4) is 0 Å². The van der Waals surface area contributed by atoms with Crippen molar-refractivity contribution in [1.82, 2.24) is 0 Å². The molecule has 6 N–H and O–H groups in total. The molecule has 0 saturated heterocycles. The first-order chi connectivity index (χ1) is 6.38. The third-order valence-corrected chi connectivity index (χ3v) is 0.500. The molecule has 0 heterocycles. The Hall–Kier alpha value is -0.620. The molecule has 6 heteroatoms. The van der Waals surface area contributed by atoms with Crippen LogP contribution in [0.5, 0.6) is 0 Å². The molecule has 0 aromatic carbocycles. The van der Waals surface area contributed by atoms with Crippen LogP contribution in [0.1, 0.15) is 40.5 Å². The molecule has 0 aliphatic rings. The lowest BCUT2D eigenvalue weighted by Gasteiger charge is -1.68. The van der Waals surface area contributed by atoms with Gasteiger partial charge in [0.25, 0.3) is 10.3 Å². The first-order valence-corrected chi connectivity index (χ1v) is 5.16. The molecule has 0 saturated carbocycles. The van der Waals surface area contributed by atoms with Crippen LogP contribution in [0.2, 0.25) is 0 Å². The zero-order valence-electron chi connectivity index (χ0n) is 9.28. The third kappa shape index (κ3) is 8490. The Balaban J connectivity index is -0.0000000492. The summed E-state index contributed by atoms with van der Waals surface area (Å²) in [6.07, 6.45) is 2.64. The second-order valence-corrected chi connectivity index (χ2v) is 2.51. The monoisotopic (exact) mass is 242 g/mol. The van der Waals surface area contributed by atoms with Crippen molar-refractivity contribution in [2.24, 2.45) is 11.5 Å². The lowest BCUT2D eigenvalue weighted by Crippen LogP contribution is -2.03. The van der Waals surface area contributed by atoms with Gasteiger partial charge in [-0.25, -0.2) is 0 Å². The molecule has 0 aliphatic carbocycles. The molecule has 0 rings (SSSR count). The van der Waals surface area contributed by atoms with E-state index in [2.05, 4.69) is 49.8 Å². The Morgan fingerprint density at radius 3 is 1.00 bits per heavy atom. The second-order valence-electron chi connectivity index (χ2n) is 1.68. The molecule has 88 valence electrons. The number of hydrogen-bond donors (Lipinski definition) is 4. The number of aliphatic hydroxyl groups excluding tert-OH is 2. The summed E-state index contributed by atoms with van der Waals surface area (Å²) in [4.78, 5) is 0. The molecular formula is C8H22N2O2S2. The minimum Gasteiger partial charge on any atom is -0.487 e. The zero-order valence-corrected chi connectivity index (χ0v) is 10.9. The standard InChI is InChI=1S/C4H10.C2H6.2CH3NOS/c1-3-4-2;1-2;2*2-1(3)4/h3-4H2,1-2H3;1-2H3;2*(H3,2,3,4). The molecular weight excluding hydrogens is 220 g/mol. The summed E-state index contributed by atoms with van der Waals surface area (Å²) in [7, 11) is 0. The van der Waals surface area contributed by atoms with E-state index in [1.807, 2.05) is 13.8 Å². The summed E-state index contributed by atoms with van der Waals surface area (Å²) in [5.74, 6) is 0. The fourth-order valence-corrected chi connectivity index (χ4v) is 0. The average Bonchev–Trinajstić information content (AvgIpc) is 2.05. The number of rotatable bonds is 1. The smallest absolute Gasteiger partial charge is 0.251 e. The third-order valence-electron chi connectivity index (χ3n) is 0.500. The molecule has 0 amide bonds. The average molecular weight is 242 g/mol. The SMILES string of the molecule is CC.CCCC.NC(O)=S.NC(O)=S. The lowest BCUT2D eigenvalue weighted by atomic mass is 10.4. The van der Waals surface area contributed by atoms with E-state index in [0.29, 0.717) is 0 Å². The van der Waals surface area contributed by atoms with Crippen LogP contribution in [0.15, 0.2) is 0 Å². The number of thiocarbonyl (C=S) groups is 2. The van der Waals surface area contributed by atoms with Gasteiger partial charge in [-0.15, -0.1) is 0 Å². The Bertz CT molecular complexity index is 99.9. The summed E-state index contributed by atoms with van der Waals surface area (Å²) in [5.41, 5.74) is 8.80. The molecule has 0 radical (unpaired) electrons. The van der Waals surface area contributed by atoms with E-state index >= 15 is 0 Å². The van der Waals surface area contributed by atoms with Gasteiger partial charge in [0.1, 0.15) is 0 Å². The van der Waals surface area contributed by atoms with E-state index in [1.54, 1.807) is 0 Å². The lowest BCUT2D eigenvalue weighted by molar-refractivity contribution is 0.559. The van der Waals surface area contributed by atoms with Crippen LogP contribution < -0.4 is 11.5 Å². The fraction of sp³-hybridized carbons (Fsp3) is 0.750. The fourth-order valence-electron chi connectivity index (χ4n) is 0. The number of hydrogen-bond acceptors (Lipinski definition) is 2. The summed E-state index contributed by atoms with van der Waals surface area (Å²) >= 11 is 7.74. The normalized spacial score (nSPS) is 6.00. The Morgan fingerprint density at radius 2 is 1.00 bits per heavy atom. The van der Waals surface area contributed by atoms with Gasteiger partial charge in [-0.3, -0.25) is 0 Å². The first kappa shape index (κ1) is 23.3. The van der Waals surface area contributed by atoms with Crippen molar-refractivity contribution in [3.63, 3.8) is 0 Å². The van der Waals surface area contributed by atoms with Gasteiger partial charge in [0, 0.05) is 0 Å². The van der Waals surface area contributed by atoms with E-state index in [0.717, 1.165) is 0 Å². The highest BCUT2D eigenvalue weighted by atomic mass is 32.1. The van der Waals surface area contributed by atoms with Gasteiger partial charge < -0.3 is 21.7 Å². The summed E-state index contributed by atoms with van der Waals surface area (Å²) < 4.78 is 0. The first-order valence-electron chi connectivity index (χ1n) is 4.35. The number of unbranched alkanes of at least 4 members (excludes halogenated alkanes) is 1. The van der Waals surface area contributed by atoms with Gasteiger partial charge in [-0.05, 0) is 24.4 Å². The van der Waals surface area contributed by atoms with Crippen molar-refractivity contribution in [3.05, 3.63) is 0 Å². The van der Waals surface area contributed by atoms with Gasteiger partial charge in [-0.1, -0.05) is 40.5 Å². The van der Waals surface area contributed by atoms with E-state index in [4.69, 9.17) is 10.2 Å². The van der Waals surface area contributed by atoms with Crippen LogP contribution in [0.3, 0.4) is 0 Å². The van der Waals surface area contributed by atoms with Crippen LogP contribution >= 0.6 is 24.4 Å². The van der Waals surface area contributed by atoms with Crippen molar-refractivity contribution >= 4 is 34.8 Å².